The minimum Gasteiger partial charge on any atom is -0.377 e. The first-order valence-electron chi connectivity index (χ1n) is 3.91. The summed E-state index contributed by atoms with van der Waals surface area (Å²) >= 11 is 0. The normalized spacial score (nSPS) is 10.8. The van der Waals surface area contributed by atoms with Gasteiger partial charge < -0.3 is 19.5 Å². The summed E-state index contributed by atoms with van der Waals surface area (Å²) in [5.41, 5.74) is 0.141. The van der Waals surface area contributed by atoms with Crippen molar-refractivity contribution in [3.05, 3.63) is 5.70 Å². The standard InChI is InChI=1S/C7H14NO5P/c1-12-14(11,13-2)4-3-7(5-9)8-6-10/h8,10H,3-4,6H2,1-2H3. The van der Waals surface area contributed by atoms with Gasteiger partial charge in [-0.25, -0.2) is 4.79 Å². The first kappa shape index (κ1) is 13.4. The zero-order chi connectivity index (χ0) is 11.0. The molecule has 7 heteroatoms. The fourth-order valence-corrected chi connectivity index (χ4v) is 1.79. The molecule has 0 atom stereocenters. The Bertz CT molecular complexity index is 253. The van der Waals surface area contributed by atoms with Crippen LogP contribution < -0.4 is 5.32 Å². The van der Waals surface area contributed by atoms with E-state index in [1.165, 1.54) is 14.2 Å². The van der Waals surface area contributed by atoms with E-state index in [1.54, 1.807) is 5.94 Å². The van der Waals surface area contributed by atoms with Gasteiger partial charge in [-0.05, 0) is 0 Å². The molecule has 0 saturated carbocycles. The molecule has 0 amide bonds. The number of allylic oxidation sites excluding steroid dienone is 1. The number of rotatable bonds is 7. The zero-order valence-electron chi connectivity index (χ0n) is 8.15. The summed E-state index contributed by atoms with van der Waals surface area (Å²) in [6.45, 7) is -0.366. The van der Waals surface area contributed by atoms with Crippen LogP contribution >= 0.6 is 7.60 Å². The highest BCUT2D eigenvalue weighted by Gasteiger charge is 2.21. The molecule has 0 aliphatic heterocycles. The van der Waals surface area contributed by atoms with Gasteiger partial charge in [-0.15, -0.1) is 0 Å². The van der Waals surface area contributed by atoms with Gasteiger partial charge in [0.25, 0.3) is 0 Å². The van der Waals surface area contributed by atoms with Gasteiger partial charge in [0.2, 0.25) is 0 Å². The lowest BCUT2D eigenvalue weighted by Gasteiger charge is -2.13. The second-order valence-electron chi connectivity index (χ2n) is 2.37. The maximum Gasteiger partial charge on any atom is 0.330 e. The van der Waals surface area contributed by atoms with Crippen LogP contribution in [0.5, 0.6) is 0 Å². The fourth-order valence-electron chi connectivity index (χ4n) is 0.777. The third-order valence-corrected chi connectivity index (χ3v) is 3.49. The van der Waals surface area contributed by atoms with Crippen molar-refractivity contribution in [1.29, 1.82) is 0 Å². The zero-order valence-corrected chi connectivity index (χ0v) is 9.04. The Labute approximate surface area is 82.4 Å². The Kier molecular flexibility index (Phi) is 6.45. The van der Waals surface area contributed by atoms with Crippen LogP contribution in [-0.4, -0.2) is 38.2 Å². The number of aliphatic hydroxyl groups excluding tert-OH is 1. The van der Waals surface area contributed by atoms with Crippen LogP contribution in [0.25, 0.3) is 0 Å². The molecule has 0 aromatic heterocycles. The Balaban J connectivity index is 4.15. The molecule has 0 spiro atoms. The summed E-state index contributed by atoms with van der Waals surface area (Å²) < 4.78 is 20.8. The Morgan fingerprint density at radius 1 is 1.50 bits per heavy atom. The lowest BCUT2D eigenvalue weighted by Crippen LogP contribution is -2.16. The Morgan fingerprint density at radius 3 is 2.43 bits per heavy atom. The SMILES string of the molecule is COP(=O)(CCC(=C=O)NCO)OC. The van der Waals surface area contributed by atoms with Gasteiger partial charge in [0.05, 0.1) is 11.9 Å². The van der Waals surface area contributed by atoms with Crippen LogP contribution in [0, 0.1) is 0 Å². The van der Waals surface area contributed by atoms with Crippen LogP contribution in [0.4, 0.5) is 0 Å². The van der Waals surface area contributed by atoms with E-state index >= 15 is 0 Å². The molecule has 0 saturated heterocycles. The van der Waals surface area contributed by atoms with Gasteiger partial charge in [0.1, 0.15) is 12.7 Å². The molecule has 0 unspecified atom stereocenters. The molecule has 0 bridgehead atoms. The van der Waals surface area contributed by atoms with Crippen molar-refractivity contribution >= 4 is 13.5 Å². The van der Waals surface area contributed by atoms with E-state index in [-0.39, 0.29) is 25.0 Å². The molecular weight excluding hydrogens is 209 g/mol. The van der Waals surface area contributed by atoms with Crippen molar-refractivity contribution in [3.63, 3.8) is 0 Å². The van der Waals surface area contributed by atoms with Gasteiger partial charge in [-0.2, -0.15) is 0 Å². The molecule has 0 heterocycles. The number of carbonyl (C=O) groups excluding carboxylic acids is 1. The third kappa shape index (κ3) is 4.56. The van der Waals surface area contributed by atoms with E-state index in [0.29, 0.717) is 0 Å². The molecule has 2 N–H and O–H groups in total. The molecule has 0 aromatic carbocycles. The molecule has 0 aromatic rings. The summed E-state index contributed by atoms with van der Waals surface area (Å²) in [6, 6.07) is 0. The van der Waals surface area contributed by atoms with Crippen LogP contribution in [0.1, 0.15) is 6.42 Å². The largest absolute Gasteiger partial charge is 0.377 e. The van der Waals surface area contributed by atoms with Gasteiger partial charge in [-0.1, -0.05) is 0 Å². The van der Waals surface area contributed by atoms with Crippen molar-refractivity contribution in [1.82, 2.24) is 5.32 Å². The fraction of sp³-hybridized carbons (Fsp3) is 0.714. The minimum absolute atomic E-state index is 0.0670. The van der Waals surface area contributed by atoms with E-state index < -0.39 is 7.60 Å². The van der Waals surface area contributed by atoms with Crippen molar-refractivity contribution in [2.24, 2.45) is 0 Å². The van der Waals surface area contributed by atoms with Crippen molar-refractivity contribution in [2.75, 3.05) is 27.1 Å². The average molecular weight is 223 g/mol. The maximum atomic E-state index is 11.5. The smallest absolute Gasteiger partial charge is 0.330 e. The van der Waals surface area contributed by atoms with E-state index in [0.717, 1.165) is 0 Å². The topological polar surface area (TPSA) is 84.9 Å². The van der Waals surface area contributed by atoms with Crippen LogP contribution in [-0.2, 0) is 18.4 Å². The maximum absolute atomic E-state index is 11.5. The Morgan fingerprint density at radius 2 is 2.07 bits per heavy atom. The first-order chi connectivity index (χ1) is 6.61. The predicted octanol–water partition coefficient (Wildman–Crippen LogP) is 0.117. The number of nitrogens with one attached hydrogen (secondary N) is 1. The van der Waals surface area contributed by atoms with Crippen molar-refractivity contribution in [3.8, 4) is 0 Å². The molecule has 0 aliphatic rings. The second-order valence-corrected chi connectivity index (χ2v) is 4.76. The average Bonchev–Trinajstić information content (AvgIpc) is 2.23. The molecular formula is C7H14NO5P. The van der Waals surface area contributed by atoms with Crippen molar-refractivity contribution in [2.45, 2.75) is 6.42 Å². The second kappa shape index (κ2) is 6.76. The van der Waals surface area contributed by atoms with Gasteiger partial charge in [0, 0.05) is 20.6 Å². The van der Waals surface area contributed by atoms with Crippen LogP contribution in [0.3, 0.4) is 0 Å². The monoisotopic (exact) mass is 223 g/mol. The molecule has 0 fully saturated rings. The van der Waals surface area contributed by atoms with E-state index in [1.807, 2.05) is 0 Å². The summed E-state index contributed by atoms with van der Waals surface area (Å²) in [5.74, 6) is 1.59. The van der Waals surface area contributed by atoms with E-state index in [4.69, 9.17) is 5.11 Å². The summed E-state index contributed by atoms with van der Waals surface area (Å²) in [4.78, 5) is 10.3. The summed E-state index contributed by atoms with van der Waals surface area (Å²) in [6.07, 6.45) is 0.223. The quantitative estimate of drug-likeness (QED) is 0.362. The highest BCUT2D eigenvalue weighted by atomic mass is 31.2. The van der Waals surface area contributed by atoms with Crippen molar-refractivity contribution < 1.29 is 23.5 Å². The van der Waals surface area contributed by atoms with Gasteiger partial charge in [-0.3, -0.25) is 4.57 Å². The molecule has 0 rings (SSSR count). The van der Waals surface area contributed by atoms with Crippen LogP contribution in [0.15, 0.2) is 5.70 Å². The highest BCUT2D eigenvalue weighted by molar-refractivity contribution is 7.53. The molecule has 0 radical (unpaired) electrons. The first-order valence-corrected chi connectivity index (χ1v) is 5.64. The molecule has 82 valence electrons. The molecule has 0 aliphatic carbocycles. The van der Waals surface area contributed by atoms with Gasteiger partial charge in [0.15, 0.2) is 0 Å². The third-order valence-electron chi connectivity index (χ3n) is 1.61. The number of hydrogen-bond donors (Lipinski definition) is 2. The van der Waals surface area contributed by atoms with E-state index in [2.05, 4.69) is 14.4 Å². The lowest BCUT2D eigenvalue weighted by atomic mass is 10.4. The molecule has 6 nitrogen and oxygen atoms in total. The number of aliphatic hydroxyl groups is 1. The highest BCUT2D eigenvalue weighted by Crippen LogP contribution is 2.47. The predicted molar refractivity (Wildman–Crippen MR) is 50.5 cm³/mol. The van der Waals surface area contributed by atoms with Gasteiger partial charge >= 0.3 is 7.60 Å². The molecule has 14 heavy (non-hydrogen) atoms. The summed E-state index contributed by atoms with van der Waals surface area (Å²) in [5, 5.41) is 10.8. The minimum atomic E-state index is -3.09. The lowest BCUT2D eigenvalue weighted by molar-refractivity contribution is 0.268. The summed E-state index contributed by atoms with van der Waals surface area (Å²) in [7, 11) is -0.549. The van der Waals surface area contributed by atoms with E-state index in [9.17, 15) is 9.36 Å². The van der Waals surface area contributed by atoms with Crippen LogP contribution in [0.2, 0.25) is 0 Å². The number of hydrogen-bond acceptors (Lipinski definition) is 6. The Hall–Kier alpha value is -0.640.